The summed E-state index contributed by atoms with van der Waals surface area (Å²) in [7, 11) is 3.79. The number of nitrogens with zero attached hydrogens (tertiary/aromatic N) is 2. The summed E-state index contributed by atoms with van der Waals surface area (Å²) in [6, 6.07) is 0. The fourth-order valence-electron chi connectivity index (χ4n) is 1.57. The summed E-state index contributed by atoms with van der Waals surface area (Å²) in [4.78, 5) is 26.0. The maximum atomic E-state index is 11.3. The van der Waals surface area contributed by atoms with Gasteiger partial charge in [-0.3, -0.25) is 19.4 Å². The van der Waals surface area contributed by atoms with Crippen molar-refractivity contribution >= 4 is 11.8 Å². The van der Waals surface area contributed by atoms with Gasteiger partial charge in [0.2, 0.25) is 11.8 Å². The molecular weight excluding hydrogens is 292 g/mol. The van der Waals surface area contributed by atoms with E-state index >= 15 is 0 Å². The Morgan fingerprint density at radius 2 is 1.57 bits per heavy atom. The second-order valence-electron chi connectivity index (χ2n) is 5.50. The lowest BCUT2D eigenvalue weighted by Crippen LogP contribution is -2.46. The van der Waals surface area contributed by atoms with Gasteiger partial charge in [-0.1, -0.05) is 27.0 Å². The standard InChI is InChI=1S/C10H20N2O.C7H14N2O/c1-6-12(7-2)9(5)11-10(13)8(3)4;1-5-7(10)8-6(2)9(3)4/h9H,3,6-7H2,1-2,4-5H3,(H,11,13);5-6H,1H2,2-4H3,(H,8,10). The second kappa shape index (κ2) is 12.8. The van der Waals surface area contributed by atoms with Crippen LogP contribution in [0.15, 0.2) is 24.8 Å². The Kier molecular flexibility index (Phi) is 13.2. The topological polar surface area (TPSA) is 64.7 Å². The van der Waals surface area contributed by atoms with E-state index < -0.39 is 0 Å². The lowest BCUT2D eigenvalue weighted by atomic mass is 10.3. The molecule has 0 spiro atoms. The number of hydrogen-bond acceptors (Lipinski definition) is 4. The van der Waals surface area contributed by atoms with Crippen LogP contribution in [0, 0.1) is 0 Å². The Labute approximate surface area is 141 Å². The lowest BCUT2D eigenvalue weighted by Gasteiger charge is -2.26. The van der Waals surface area contributed by atoms with Crippen LogP contribution < -0.4 is 10.6 Å². The van der Waals surface area contributed by atoms with Crippen molar-refractivity contribution < 1.29 is 9.59 Å². The highest BCUT2D eigenvalue weighted by atomic mass is 16.2. The Bertz CT molecular complexity index is 390. The smallest absolute Gasteiger partial charge is 0.247 e. The molecular formula is C17H34N4O2. The number of carbonyl (C=O) groups is 2. The Morgan fingerprint density at radius 3 is 1.87 bits per heavy atom. The molecule has 2 atom stereocenters. The average molecular weight is 326 g/mol. The summed E-state index contributed by atoms with van der Waals surface area (Å²) < 4.78 is 0. The lowest BCUT2D eigenvalue weighted by molar-refractivity contribution is -0.119. The molecule has 0 fully saturated rings. The van der Waals surface area contributed by atoms with E-state index in [1.165, 1.54) is 6.08 Å². The summed E-state index contributed by atoms with van der Waals surface area (Å²) in [6.45, 7) is 18.6. The summed E-state index contributed by atoms with van der Waals surface area (Å²) in [5.41, 5.74) is 0.555. The van der Waals surface area contributed by atoms with Gasteiger partial charge in [0.15, 0.2) is 0 Å². The van der Waals surface area contributed by atoms with Crippen molar-refractivity contribution in [2.75, 3.05) is 27.2 Å². The first-order valence-electron chi connectivity index (χ1n) is 7.90. The molecule has 2 N–H and O–H groups in total. The quantitative estimate of drug-likeness (QED) is 0.525. The van der Waals surface area contributed by atoms with Gasteiger partial charge in [0.25, 0.3) is 0 Å². The molecule has 0 heterocycles. The molecule has 23 heavy (non-hydrogen) atoms. The molecule has 6 nitrogen and oxygen atoms in total. The minimum atomic E-state index is -0.138. The third kappa shape index (κ3) is 11.5. The average Bonchev–Trinajstić information content (AvgIpc) is 2.48. The van der Waals surface area contributed by atoms with Crippen LogP contribution >= 0.6 is 0 Å². The van der Waals surface area contributed by atoms with Gasteiger partial charge in [0.1, 0.15) is 0 Å². The maximum Gasteiger partial charge on any atom is 0.247 e. The second-order valence-corrected chi connectivity index (χ2v) is 5.50. The third-order valence-corrected chi connectivity index (χ3v) is 3.40. The molecule has 0 saturated heterocycles. The van der Waals surface area contributed by atoms with Gasteiger partial charge in [0, 0.05) is 5.57 Å². The molecule has 0 aromatic heterocycles. The van der Waals surface area contributed by atoms with Gasteiger partial charge in [-0.15, -0.1) is 0 Å². The number of rotatable bonds is 8. The van der Waals surface area contributed by atoms with Crippen LogP contribution in [-0.2, 0) is 9.59 Å². The van der Waals surface area contributed by atoms with Gasteiger partial charge in [-0.05, 0) is 54.0 Å². The van der Waals surface area contributed by atoms with Gasteiger partial charge in [-0.25, -0.2) is 0 Å². The summed E-state index contributed by atoms with van der Waals surface area (Å²) in [6.07, 6.45) is 1.41. The number of amides is 2. The minimum absolute atomic E-state index is 0.0606. The Morgan fingerprint density at radius 1 is 1.09 bits per heavy atom. The summed E-state index contributed by atoms with van der Waals surface area (Å²) >= 11 is 0. The third-order valence-electron chi connectivity index (χ3n) is 3.40. The van der Waals surface area contributed by atoms with E-state index in [2.05, 4.69) is 42.5 Å². The molecule has 134 valence electrons. The van der Waals surface area contributed by atoms with Crippen LogP contribution in [0.4, 0.5) is 0 Å². The first-order valence-corrected chi connectivity index (χ1v) is 7.90. The number of carbonyl (C=O) groups excluding carboxylic acids is 2. The Hall–Kier alpha value is -1.66. The van der Waals surface area contributed by atoms with Crippen molar-refractivity contribution in [3.8, 4) is 0 Å². The zero-order valence-corrected chi connectivity index (χ0v) is 15.8. The molecule has 0 rings (SSSR count). The first kappa shape index (κ1) is 23.6. The molecule has 0 aliphatic heterocycles. The molecule has 0 aliphatic rings. The monoisotopic (exact) mass is 326 g/mol. The molecule has 0 radical (unpaired) electrons. The predicted octanol–water partition coefficient (Wildman–Crippen LogP) is 1.56. The fourth-order valence-corrected chi connectivity index (χ4v) is 1.57. The van der Waals surface area contributed by atoms with E-state index in [-0.39, 0.29) is 24.1 Å². The molecule has 2 unspecified atom stereocenters. The van der Waals surface area contributed by atoms with Crippen LogP contribution in [0.5, 0.6) is 0 Å². The molecule has 0 aliphatic carbocycles. The van der Waals surface area contributed by atoms with Crippen LogP contribution in [0.25, 0.3) is 0 Å². The van der Waals surface area contributed by atoms with E-state index in [4.69, 9.17) is 0 Å². The van der Waals surface area contributed by atoms with Crippen molar-refractivity contribution in [1.29, 1.82) is 0 Å². The van der Waals surface area contributed by atoms with E-state index in [1.54, 1.807) is 6.92 Å². The van der Waals surface area contributed by atoms with Gasteiger partial charge in [-0.2, -0.15) is 0 Å². The summed E-state index contributed by atoms with van der Waals surface area (Å²) in [5.74, 6) is -0.208. The van der Waals surface area contributed by atoms with Crippen molar-refractivity contribution in [1.82, 2.24) is 20.4 Å². The fraction of sp³-hybridized carbons (Fsp3) is 0.647. The van der Waals surface area contributed by atoms with Gasteiger partial charge in [0.05, 0.1) is 12.3 Å². The normalized spacial score (nSPS) is 12.7. The number of nitrogens with one attached hydrogen (secondary N) is 2. The summed E-state index contributed by atoms with van der Waals surface area (Å²) in [5, 5.41) is 5.57. The molecule has 0 aromatic rings. The van der Waals surface area contributed by atoms with E-state index in [9.17, 15) is 9.59 Å². The van der Waals surface area contributed by atoms with Gasteiger partial charge < -0.3 is 10.6 Å². The molecule has 0 saturated carbocycles. The first-order chi connectivity index (χ1) is 10.6. The number of hydrogen-bond donors (Lipinski definition) is 2. The van der Waals surface area contributed by atoms with Crippen LogP contribution in [0.3, 0.4) is 0 Å². The maximum absolute atomic E-state index is 11.3. The van der Waals surface area contributed by atoms with Crippen molar-refractivity contribution in [3.63, 3.8) is 0 Å². The molecule has 2 amide bonds. The van der Waals surface area contributed by atoms with Crippen LogP contribution in [-0.4, -0.2) is 61.1 Å². The highest BCUT2D eigenvalue weighted by molar-refractivity contribution is 5.92. The van der Waals surface area contributed by atoms with Crippen LogP contribution in [0.2, 0.25) is 0 Å². The highest BCUT2D eigenvalue weighted by Gasteiger charge is 2.12. The molecule has 0 aromatic carbocycles. The Balaban J connectivity index is 0. The largest absolute Gasteiger partial charge is 0.337 e. The van der Waals surface area contributed by atoms with E-state index in [0.29, 0.717) is 5.57 Å². The SMILES string of the molecule is C=C(C)C(=O)NC(C)N(CC)CC.C=CC(=O)NC(C)N(C)C. The van der Waals surface area contributed by atoms with Crippen molar-refractivity contribution in [3.05, 3.63) is 24.8 Å². The van der Waals surface area contributed by atoms with Crippen molar-refractivity contribution in [2.45, 2.75) is 47.0 Å². The minimum Gasteiger partial charge on any atom is -0.337 e. The molecule has 0 bridgehead atoms. The predicted molar refractivity (Wildman–Crippen MR) is 96.8 cm³/mol. The highest BCUT2D eigenvalue weighted by Crippen LogP contribution is 1.96. The zero-order chi connectivity index (χ0) is 18.6. The van der Waals surface area contributed by atoms with Crippen molar-refractivity contribution in [2.24, 2.45) is 0 Å². The van der Waals surface area contributed by atoms with E-state index in [0.717, 1.165) is 13.1 Å². The molecule has 6 heteroatoms. The zero-order valence-electron chi connectivity index (χ0n) is 15.8. The van der Waals surface area contributed by atoms with Crippen LogP contribution in [0.1, 0.15) is 34.6 Å². The van der Waals surface area contributed by atoms with E-state index in [1.807, 2.05) is 32.8 Å². The van der Waals surface area contributed by atoms with Gasteiger partial charge >= 0.3 is 0 Å².